The second-order valence-electron chi connectivity index (χ2n) is 3.49. The van der Waals surface area contributed by atoms with E-state index in [0.29, 0.717) is 6.42 Å². The molecule has 0 spiro atoms. The molecule has 0 aliphatic heterocycles. The maximum atomic E-state index is 10.2. The third kappa shape index (κ3) is 4.19. The van der Waals surface area contributed by atoms with Crippen LogP contribution in [0.5, 0.6) is 0 Å². The van der Waals surface area contributed by atoms with Crippen molar-refractivity contribution in [2.24, 2.45) is 0 Å². The predicted molar refractivity (Wildman–Crippen MR) is 58.3 cm³/mol. The Hall–Kier alpha value is -1.15. The van der Waals surface area contributed by atoms with Crippen molar-refractivity contribution in [3.63, 3.8) is 0 Å². The van der Waals surface area contributed by atoms with Crippen molar-refractivity contribution in [2.45, 2.75) is 12.8 Å². The first-order chi connectivity index (χ1) is 6.83. The Morgan fingerprint density at radius 1 is 1.21 bits per heavy atom. The van der Waals surface area contributed by atoms with Gasteiger partial charge in [-0.1, -0.05) is 30.3 Å². The zero-order chi connectivity index (χ0) is 10.2. The molecular formula is C12H17NO. The predicted octanol–water partition coefficient (Wildman–Crippen LogP) is 1.75. The molecule has 0 saturated heterocycles. The van der Waals surface area contributed by atoms with Gasteiger partial charge >= 0.3 is 0 Å². The van der Waals surface area contributed by atoms with Gasteiger partial charge in [0.2, 0.25) is 0 Å². The molecule has 2 heteroatoms. The highest BCUT2D eigenvalue weighted by Crippen LogP contribution is 2.00. The summed E-state index contributed by atoms with van der Waals surface area (Å²) < 4.78 is 0. The van der Waals surface area contributed by atoms with Crippen molar-refractivity contribution in [3.05, 3.63) is 35.9 Å². The van der Waals surface area contributed by atoms with Gasteiger partial charge in [-0.05, 0) is 19.0 Å². The van der Waals surface area contributed by atoms with Crippen LogP contribution in [0.25, 0.3) is 0 Å². The summed E-state index contributed by atoms with van der Waals surface area (Å²) in [5.74, 6) is 0. The molecule has 14 heavy (non-hydrogen) atoms. The minimum atomic E-state index is 0.630. The van der Waals surface area contributed by atoms with Gasteiger partial charge in [0, 0.05) is 19.5 Å². The summed E-state index contributed by atoms with van der Waals surface area (Å²) >= 11 is 0. The lowest BCUT2D eigenvalue weighted by atomic mass is 10.1. The number of aldehydes is 1. The minimum absolute atomic E-state index is 0.630. The fourth-order valence-corrected chi connectivity index (χ4v) is 1.35. The van der Waals surface area contributed by atoms with E-state index in [2.05, 4.69) is 29.2 Å². The molecule has 0 unspecified atom stereocenters. The van der Waals surface area contributed by atoms with Crippen molar-refractivity contribution in [3.8, 4) is 0 Å². The van der Waals surface area contributed by atoms with Gasteiger partial charge in [-0.2, -0.15) is 0 Å². The maximum absolute atomic E-state index is 10.2. The number of hydrogen-bond acceptors (Lipinski definition) is 2. The molecule has 0 N–H and O–H groups in total. The number of rotatable bonds is 6. The average Bonchev–Trinajstić information content (AvgIpc) is 2.25. The van der Waals surface area contributed by atoms with Crippen molar-refractivity contribution >= 4 is 6.29 Å². The van der Waals surface area contributed by atoms with Crippen molar-refractivity contribution in [1.29, 1.82) is 0 Å². The largest absolute Gasteiger partial charge is 0.306 e. The van der Waals surface area contributed by atoms with Crippen LogP contribution in [0.2, 0.25) is 0 Å². The summed E-state index contributed by atoms with van der Waals surface area (Å²) in [6.45, 7) is 1.87. The number of hydrogen-bond donors (Lipinski definition) is 0. The van der Waals surface area contributed by atoms with Crippen LogP contribution in [0.1, 0.15) is 12.0 Å². The van der Waals surface area contributed by atoms with Crippen LogP contribution >= 0.6 is 0 Å². The number of nitrogens with zero attached hydrogens (tertiary/aromatic N) is 1. The van der Waals surface area contributed by atoms with Gasteiger partial charge in [-0.25, -0.2) is 0 Å². The zero-order valence-electron chi connectivity index (χ0n) is 8.65. The molecule has 0 radical (unpaired) electrons. The van der Waals surface area contributed by atoms with Gasteiger partial charge in [0.15, 0.2) is 0 Å². The molecule has 1 aromatic carbocycles. The molecule has 0 heterocycles. The van der Waals surface area contributed by atoms with Gasteiger partial charge in [-0.3, -0.25) is 0 Å². The quantitative estimate of drug-likeness (QED) is 0.638. The lowest BCUT2D eigenvalue weighted by molar-refractivity contribution is -0.108. The molecule has 0 aromatic heterocycles. The van der Waals surface area contributed by atoms with Gasteiger partial charge < -0.3 is 9.69 Å². The van der Waals surface area contributed by atoms with Crippen LogP contribution in [-0.4, -0.2) is 31.3 Å². The molecule has 0 amide bonds. The molecule has 0 bridgehead atoms. The molecule has 0 fully saturated rings. The molecule has 0 saturated carbocycles. The highest BCUT2D eigenvalue weighted by molar-refractivity contribution is 5.49. The standard InChI is InChI=1S/C12H17NO/c1-13(9-5-11-14)10-8-12-6-3-2-4-7-12/h2-4,6-7,11H,5,8-10H2,1H3. The third-order valence-electron chi connectivity index (χ3n) is 2.25. The normalized spacial score (nSPS) is 10.4. The second-order valence-corrected chi connectivity index (χ2v) is 3.49. The first-order valence-electron chi connectivity index (χ1n) is 4.99. The summed E-state index contributed by atoms with van der Waals surface area (Å²) in [6, 6.07) is 10.4. The lowest BCUT2D eigenvalue weighted by Crippen LogP contribution is -2.22. The van der Waals surface area contributed by atoms with Crippen LogP contribution in [0.15, 0.2) is 30.3 Å². The first kappa shape index (κ1) is 10.9. The Morgan fingerprint density at radius 3 is 2.57 bits per heavy atom. The molecule has 0 aliphatic carbocycles. The summed E-state index contributed by atoms with van der Waals surface area (Å²) in [4.78, 5) is 12.3. The Balaban J connectivity index is 2.23. The molecule has 1 aromatic rings. The first-order valence-corrected chi connectivity index (χ1v) is 4.99. The molecular weight excluding hydrogens is 174 g/mol. The van der Waals surface area contributed by atoms with E-state index in [9.17, 15) is 4.79 Å². The Morgan fingerprint density at radius 2 is 1.93 bits per heavy atom. The monoisotopic (exact) mass is 191 g/mol. The van der Waals surface area contributed by atoms with E-state index in [1.165, 1.54) is 5.56 Å². The summed E-state index contributed by atoms with van der Waals surface area (Å²) in [6.07, 6.45) is 2.65. The highest BCUT2D eigenvalue weighted by Gasteiger charge is 1.97. The summed E-state index contributed by atoms with van der Waals surface area (Å²) in [7, 11) is 2.05. The second kappa shape index (κ2) is 6.33. The molecule has 1 rings (SSSR count). The number of carbonyl (C=O) groups is 1. The van der Waals surface area contributed by atoms with E-state index in [-0.39, 0.29) is 0 Å². The van der Waals surface area contributed by atoms with Crippen molar-refractivity contribution in [1.82, 2.24) is 4.90 Å². The Kier molecular flexibility index (Phi) is 4.94. The topological polar surface area (TPSA) is 20.3 Å². The van der Waals surface area contributed by atoms with Gasteiger partial charge in [0.1, 0.15) is 6.29 Å². The van der Waals surface area contributed by atoms with E-state index in [1.54, 1.807) is 0 Å². The summed E-state index contributed by atoms with van der Waals surface area (Å²) in [5, 5.41) is 0. The van der Waals surface area contributed by atoms with E-state index < -0.39 is 0 Å². The van der Waals surface area contributed by atoms with Gasteiger partial charge in [-0.15, -0.1) is 0 Å². The number of carbonyl (C=O) groups excluding carboxylic acids is 1. The van der Waals surface area contributed by atoms with Gasteiger partial charge in [0.05, 0.1) is 0 Å². The average molecular weight is 191 g/mol. The van der Waals surface area contributed by atoms with Crippen molar-refractivity contribution < 1.29 is 4.79 Å². The number of benzene rings is 1. The Bertz CT molecular complexity index is 258. The highest BCUT2D eigenvalue weighted by atomic mass is 16.1. The summed E-state index contributed by atoms with van der Waals surface area (Å²) in [5.41, 5.74) is 1.35. The molecule has 0 aliphatic rings. The van der Waals surface area contributed by atoms with Crippen molar-refractivity contribution in [2.75, 3.05) is 20.1 Å². The van der Waals surface area contributed by atoms with Crippen LogP contribution in [-0.2, 0) is 11.2 Å². The van der Waals surface area contributed by atoms with E-state index in [0.717, 1.165) is 25.8 Å². The van der Waals surface area contributed by atoms with Gasteiger partial charge in [0.25, 0.3) is 0 Å². The van der Waals surface area contributed by atoms with E-state index in [4.69, 9.17) is 0 Å². The molecule has 2 nitrogen and oxygen atoms in total. The maximum Gasteiger partial charge on any atom is 0.121 e. The third-order valence-corrected chi connectivity index (χ3v) is 2.25. The van der Waals surface area contributed by atoms with E-state index in [1.807, 2.05) is 13.1 Å². The fraction of sp³-hybridized carbons (Fsp3) is 0.417. The molecule has 0 atom stereocenters. The fourth-order valence-electron chi connectivity index (χ4n) is 1.35. The molecule has 76 valence electrons. The van der Waals surface area contributed by atoms with Crippen LogP contribution in [0, 0.1) is 0 Å². The lowest BCUT2D eigenvalue weighted by Gasteiger charge is -2.14. The van der Waals surface area contributed by atoms with Crippen LogP contribution in [0.4, 0.5) is 0 Å². The number of likely N-dealkylation sites (N-methyl/N-ethyl adjacent to an activating group) is 1. The Labute approximate surface area is 85.5 Å². The smallest absolute Gasteiger partial charge is 0.121 e. The SMILES string of the molecule is CN(CCC=O)CCc1ccccc1. The van der Waals surface area contributed by atoms with E-state index >= 15 is 0 Å². The van der Waals surface area contributed by atoms with Crippen LogP contribution in [0.3, 0.4) is 0 Å². The minimum Gasteiger partial charge on any atom is -0.306 e. The van der Waals surface area contributed by atoms with Crippen LogP contribution < -0.4 is 0 Å². The zero-order valence-corrected chi connectivity index (χ0v) is 8.65.